The number of benzene rings is 1. The van der Waals surface area contributed by atoms with Crippen molar-refractivity contribution in [2.45, 2.75) is 31.5 Å². The van der Waals surface area contributed by atoms with Gasteiger partial charge in [0.25, 0.3) is 5.91 Å². The van der Waals surface area contributed by atoms with Gasteiger partial charge in [-0.2, -0.15) is 23.5 Å². The van der Waals surface area contributed by atoms with Crippen LogP contribution in [0.5, 0.6) is 0 Å². The zero-order valence-electron chi connectivity index (χ0n) is 12.7. The van der Waals surface area contributed by atoms with Crippen LogP contribution >= 0.6 is 0 Å². The maximum Gasteiger partial charge on any atom is 0.416 e. The second-order valence-electron chi connectivity index (χ2n) is 5.82. The quantitative estimate of drug-likeness (QED) is 0.937. The molecule has 0 saturated heterocycles. The molecule has 2 aromatic rings. The molecule has 0 bridgehead atoms. The minimum atomic E-state index is -4.54. The fourth-order valence-electron chi connectivity index (χ4n) is 2.49. The summed E-state index contributed by atoms with van der Waals surface area (Å²) in [7, 11) is 0. The standard InChI is InChI=1S/C16H13F3N4O/c1-10-8-21-23(9-10)15(4-5-15)14(24)22-13-3-2-12(16(17,18)19)6-11(13)7-20/h2-3,6,8-9H,4-5H2,1H3,(H,22,24). The van der Waals surface area contributed by atoms with Crippen molar-refractivity contribution >= 4 is 11.6 Å². The van der Waals surface area contributed by atoms with Gasteiger partial charge in [-0.3, -0.25) is 9.48 Å². The summed E-state index contributed by atoms with van der Waals surface area (Å²) in [6.45, 7) is 1.85. The maximum absolute atomic E-state index is 12.7. The molecule has 124 valence electrons. The number of rotatable bonds is 3. The average Bonchev–Trinajstić information content (AvgIpc) is 3.22. The molecule has 1 aromatic heterocycles. The Morgan fingerprint density at radius 3 is 2.62 bits per heavy atom. The summed E-state index contributed by atoms with van der Waals surface area (Å²) in [6.07, 6.45) is 0.000109. The summed E-state index contributed by atoms with van der Waals surface area (Å²) < 4.78 is 39.7. The van der Waals surface area contributed by atoms with Crippen molar-refractivity contribution in [3.63, 3.8) is 0 Å². The Morgan fingerprint density at radius 1 is 1.42 bits per heavy atom. The Morgan fingerprint density at radius 2 is 2.12 bits per heavy atom. The Labute approximate surface area is 135 Å². The fourth-order valence-corrected chi connectivity index (χ4v) is 2.49. The molecule has 1 fully saturated rings. The Kier molecular flexibility index (Phi) is 3.59. The van der Waals surface area contributed by atoms with Crippen LogP contribution in [0, 0.1) is 18.3 Å². The predicted molar refractivity (Wildman–Crippen MR) is 79.0 cm³/mol. The van der Waals surface area contributed by atoms with Crippen LogP contribution in [0.2, 0.25) is 0 Å². The van der Waals surface area contributed by atoms with Crippen LogP contribution in [0.25, 0.3) is 0 Å². The lowest BCUT2D eigenvalue weighted by Crippen LogP contribution is -2.34. The molecule has 24 heavy (non-hydrogen) atoms. The maximum atomic E-state index is 12.7. The topological polar surface area (TPSA) is 70.7 Å². The summed E-state index contributed by atoms with van der Waals surface area (Å²) in [5.74, 6) is -0.387. The van der Waals surface area contributed by atoms with Crippen LogP contribution in [0.4, 0.5) is 18.9 Å². The molecule has 8 heteroatoms. The first kappa shape index (κ1) is 16.1. The number of hydrogen-bond acceptors (Lipinski definition) is 3. The predicted octanol–water partition coefficient (Wildman–Crippen LogP) is 3.21. The van der Waals surface area contributed by atoms with Crippen molar-refractivity contribution in [1.29, 1.82) is 5.26 Å². The van der Waals surface area contributed by atoms with Crippen molar-refractivity contribution < 1.29 is 18.0 Å². The number of amides is 1. The second kappa shape index (κ2) is 5.37. The van der Waals surface area contributed by atoms with E-state index in [1.807, 2.05) is 6.92 Å². The first-order chi connectivity index (χ1) is 11.3. The fraction of sp³-hybridized carbons (Fsp3) is 0.312. The number of nitrogens with zero attached hydrogens (tertiary/aromatic N) is 3. The van der Waals surface area contributed by atoms with Crippen LogP contribution in [0.15, 0.2) is 30.6 Å². The number of carbonyl (C=O) groups is 1. The van der Waals surface area contributed by atoms with Gasteiger partial charge in [-0.1, -0.05) is 0 Å². The molecule has 1 heterocycles. The van der Waals surface area contributed by atoms with Gasteiger partial charge >= 0.3 is 6.18 Å². The van der Waals surface area contributed by atoms with E-state index >= 15 is 0 Å². The molecule has 0 aliphatic heterocycles. The lowest BCUT2D eigenvalue weighted by Gasteiger charge is -2.17. The van der Waals surface area contributed by atoms with E-state index in [9.17, 15) is 18.0 Å². The molecule has 0 unspecified atom stereocenters. The van der Waals surface area contributed by atoms with Gasteiger partial charge in [0.1, 0.15) is 11.6 Å². The largest absolute Gasteiger partial charge is 0.416 e. The minimum absolute atomic E-state index is 0.0608. The highest BCUT2D eigenvalue weighted by atomic mass is 19.4. The van der Waals surface area contributed by atoms with E-state index in [0.717, 1.165) is 23.8 Å². The summed E-state index contributed by atoms with van der Waals surface area (Å²) in [5.41, 5.74) is -1.03. The minimum Gasteiger partial charge on any atom is -0.323 e. The summed E-state index contributed by atoms with van der Waals surface area (Å²) in [5, 5.41) is 15.8. The van der Waals surface area contributed by atoms with Gasteiger partial charge in [0.2, 0.25) is 0 Å². The lowest BCUT2D eigenvalue weighted by atomic mass is 10.1. The number of anilines is 1. The molecular weight excluding hydrogens is 321 g/mol. The number of alkyl halides is 3. The molecule has 1 N–H and O–H groups in total. The SMILES string of the molecule is Cc1cnn(C2(C(=O)Nc3ccc(C(F)(F)F)cc3C#N)CC2)c1. The monoisotopic (exact) mass is 334 g/mol. The average molecular weight is 334 g/mol. The van der Waals surface area contributed by atoms with Crippen molar-refractivity contribution in [1.82, 2.24) is 9.78 Å². The molecule has 1 aromatic carbocycles. The summed E-state index contributed by atoms with van der Waals surface area (Å²) in [4.78, 5) is 12.6. The Bertz CT molecular complexity index is 844. The van der Waals surface area contributed by atoms with Crippen LogP contribution in [0.1, 0.15) is 29.5 Å². The van der Waals surface area contributed by atoms with Gasteiger partial charge < -0.3 is 5.32 Å². The number of hydrogen-bond donors (Lipinski definition) is 1. The molecule has 1 saturated carbocycles. The number of halogens is 3. The molecule has 1 aliphatic rings. The first-order valence-corrected chi connectivity index (χ1v) is 7.21. The number of nitriles is 1. The zero-order valence-corrected chi connectivity index (χ0v) is 12.7. The summed E-state index contributed by atoms with van der Waals surface area (Å²) in [6, 6.07) is 4.36. The van der Waals surface area contributed by atoms with Gasteiger partial charge in [-0.05, 0) is 43.5 Å². The van der Waals surface area contributed by atoms with Crippen LogP contribution in [-0.4, -0.2) is 15.7 Å². The smallest absolute Gasteiger partial charge is 0.323 e. The third-order valence-corrected chi connectivity index (χ3v) is 4.01. The molecule has 0 radical (unpaired) electrons. The molecular formula is C16H13F3N4O. The van der Waals surface area contributed by atoms with Crippen molar-refractivity contribution in [2.75, 3.05) is 5.32 Å². The van der Waals surface area contributed by atoms with Crippen molar-refractivity contribution in [3.05, 3.63) is 47.3 Å². The number of carbonyl (C=O) groups excluding carboxylic acids is 1. The zero-order chi connectivity index (χ0) is 17.5. The van der Waals surface area contributed by atoms with Gasteiger partial charge in [-0.15, -0.1) is 0 Å². The number of aryl methyl sites for hydroxylation is 1. The highest BCUT2D eigenvalue weighted by molar-refractivity contribution is 5.99. The molecule has 5 nitrogen and oxygen atoms in total. The van der Waals surface area contributed by atoms with Crippen molar-refractivity contribution in [3.8, 4) is 6.07 Å². The van der Waals surface area contributed by atoms with E-state index < -0.39 is 17.3 Å². The molecule has 0 spiro atoms. The van der Waals surface area contributed by atoms with Gasteiger partial charge in [0, 0.05) is 6.20 Å². The van der Waals surface area contributed by atoms with E-state index in [1.54, 1.807) is 23.1 Å². The number of nitrogens with one attached hydrogen (secondary N) is 1. The van der Waals surface area contributed by atoms with E-state index in [4.69, 9.17) is 5.26 Å². The number of aromatic nitrogens is 2. The van der Waals surface area contributed by atoms with E-state index in [1.165, 1.54) is 0 Å². The van der Waals surface area contributed by atoms with Crippen LogP contribution in [-0.2, 0) is 16.5 Å². The van der Waals surface area contributed by atoms with Gasteiger partial charge in [0.15, 0.2) is 0 Å². The van der Waals surface area contributed by atoms with Gasteiger partial charge in [-0.25, -0.2) is 0 Å². The lowest BCUT2D eigenvalue weighted by molar-refractivity contribution is -0.137. The Balaban J connectivity index is 1.86. The molecule has 1 amide bonds. The Hall–Kier alpha value is -2.82. The van der Waals surface area contributed by atoms with Crippen LogP contribution < -0.4 is 5.32 Å². The second-order valence-corrected chi connectivity index (χ2v) is 5.82. The molecule has 0 atom stereocenters. The normalized spacial score (nSPS) is 15.6. The highest BCUT2D eigenvalue weighted by Crippen LogP contribution is 2.44. The van der Waals surface area contributed by atoms with E-state index in [0.29, 0.717) is 12.8 Å². The first-order valence-electron chi connectivity index (χ1n) is 7.21. The van der Waals surface area contributed by atoms with Crippen molar-refractivity contribution in [2.24, 2.45) is 0 Å². The molecule has 3 rings (SSSR count). The third kappa shape index (κ3) is 2.73. The van der Waals surface area contributed by atoms with E-state index in [-0.39, 0.29) is 17.2 Å². The van der Waals surface area contributed by atoms with Gasteiger partial charge in [0.05, 0.1) is 23.0 Å². The summed E-state index contributed by atoms with van der Waals surface area (Å²) >= 11 is 0. The highest BCUT2D eigenvalue weighted by Gasteiger charge is 2.52. The third-order valence-electron chi connectivity index (χ3n) is 4.01. The molecule has 1 aliphatic carbocycles. The van der Waals surface area contributed by atoms with Crippen LogP contribution in [0.3, 0.4) is 0 Å². The van der Waals surface area contributed by atoms with E-state index in [2.05, 4.69) is 10.4 Å².